The average molecular weight is 412 g/mol. The Morgan fingerprint density at radius 3 is 2.42 bits per heavy atom. The third-order valence-corrected chi connectivity index (χ3v) is 5.39. The Bertz CT molecular complexity index is 1160. The van der Waals surface area contributed by atoms with Gasteiger partial charge in [0.15, 0.2) is 0 Å². The fourth-order valence-electron chi connectivity index (χ4n) is 3.87. The predicted octanol–water partition coefficient (Wildman–Crippen LogP) is 6.73. The molecular formula is C27H29N3O. The second kappa shape index (κ2) is 10.2. The third-order valence-electron chi connectivity index (χ3n) is 5.39. The number of aromatic nitrogens is 2. The lowest BCUT2D eigenvalue weighted by Crippen LogP contribution is -2.14. The van der Waals surface area contributed by atoms with Crippen molar-refractivity contribution >= 4 is 22.4 Å². The molecule has 3 aromatic carbocycles. The van der Waals surface area contributed by atoms with Crippen molar-refractivity contribution in [1.82, 2.24) is 15.5 Å². The molecule has 0 bridgehead atoms. The maximum absolute atomic E-state index is 6.10. The Labute approximate surface area is 184 Å². The van der Waals surface area contributed by atoms with Gasteiger partial charge in [0, 0.05) is 18.2 Å². The van der Waals surface area contributed by atoms with Crippen molar-refractivity contribution in [2.45, 2.75) is 39.7 Å². The number of fused-ring (bicyclic) bond motifs is 1. The highest BCUT2D eigenvalue weighted by molar-refractivity contribution is 5.96. The molecule has 0 fully saturated rings. The van der Waals surface area contributed by atoms with Crippen LogP contribution in [0.5, 0.6) is 0 Å². The Morgan fingerprint density at radius 1 is 0.871 bits per heavy atom. The molecule has 0 saturated heterocycles. The van der Waals surface area contributed by atoms with Crippen molar-refractivity contribution < 1.29 is 4.42 Å². The van der Waals surface area contributed by atoms with E-state index in [-0.39, 0.29) is 0 Å². The van der Waals surface area contributed by atoms with Crippen LogP contribution in [0.1, 0.15) is 50.1 Å². The minimum atomic E-state index is 0.542. The largest absolute Gasteiger partial charge is 0.417 e. The highest BCUT2D eigenvalue weighted by Gasteiger charge is 2.13. The van der Waals surface area contributed by atoms with E-state index in [0.29, 0.717) is 11.8 Å². The Morgan fingerprint density at radius 2 is 1.65 bits per heavy atom. The number of benzene rings is 3. The zero-order valence-electron chi connectivity index (χ0n) is 18.3. The zero-order valence-corrected chi connectivity index (χ0v) is 18.3. The summed E-state index contributed by atoms with van der Waals surface area (Å²) in [6, 6.07) is 23.1. The molecule has 0 spiro atoms. The number of nitrogens with zero attached hydrogens (tertiary/aromatic N) is 2. The minimum Gasteiger partial charge on any atom is -0.417 e. The number of rotatable bonds is 9. The van der Waals surface area contributed by atoms with E-state index in [2.05, 4.69) is 90.0 Å². The normalized spacial score (nSPS) is 11.9. The van der Waals surface area contributed by atoms with Gasteiger partial charge in [-0.3, -0.25) is 0 Å². The van der Waals surface area contributed by atoms with Crippen molar-refractivity contribution in [3.05, 3.63) is 83.7 Å². The lowest BCUT2D eigenvalue weighted by Gasteiger charge is -2.10. The van der Waals surface area contributed by atoms with Crippen molar-refractivity contribution in [2.75, 3.05) is 6.54 Å². The highest BCUT2D eigenvalue weighted by atomic mass is 16.4. The van der Waals surface area contributed by atoms with Crippen LogP contribution >= 0.6 is 0 Å². The number of hydrogen-bond donors (Lipinski definition) is 1. The monoisotopic (exact) mass is 411 g/mol. The van der Waals surface area contributed by atoms with E-state index >= 15 is 0 Å². The van der Waals surface area contributed by atoms with Crippen LogP contribution in [-0.4, -0.2) is 16.7 Å². The van der Waals surface area contributed by atoms with Gasteiger partial charge in [0.25, 0.3) is 0 Å². The van der Waals surface area contributed by atoms with E-state index in [9.17, 15) is 0 Å². The molecule has 0 aliphatic carbocycles. The maximum atomic E-state index is 6.10. The first kappa shape index (κ1) is 21.0. The molecule has 1 heterocycles. The van der Waals surface area contributed by atoms with Gasteiger partial charge in [-0.1, -0.05) is 80.9 Å². The summed E-state index contributed by atoms with van der Waals surface area (Å²) in [4.78, 5) is 0. The fourth-order valence-corrected chi connectivity index (χ4v) is 3.87. The highest BCUT2D eigenvalue weighted by Crippen LogP contribution is 2.31. The van der Waals surface area contributed by atoms with Gasteiger partial charge >= 0.3 is 0 Å². The molecule has 0 radical (unpaired) electrons. The van der Waals surface area contributed by atoms with E-state index in [1.54, 1.807) is 0 Å². The van der Waals surface area contributed by atoms with Gasteiger partial charge < -0.3 is 9.73 Å². The van der Waals surface area contributed by atoms with E-state index < -0.39 is 0 Å². The number of allylic oxidation sites excluding steroid dienone is 1. The van der Waals surface area contributed by atoms with Crippen molar-refractivity contribution in [3.63, 3.8) is 0 Å². The fraction of sp³-hybridized carbons (Fsp3) is 0.259. The quantitative estimate of drug-likeness (QED) is 0.310. The maximum Gasteiger partial charge on any atom is 0.248 e. The average Bonchev–Trinajstić information content (AvgIpc) is 3.28. The van der Waals surface area contributed by atoms with Gasteiger partial charge in [0.05, 0.1) is 0 Å². The molecule has 4 heteroatoms. The molecule has 0 atom stereocenters. The smallest absolute Gasteiger partial charge is 0.248 e. The SMILES string of the molecule is CCCNCc1ccc(-c2nnc(/C=C(\CCC)c3ccccc3)o2)c2ccccc12. The van der Waals surface area contributed by atoms with Crippen LogP contribution < -0.4 is 5.32 Å². The minimum absolute atomic E-state index is 0.542. The van der Waals surface area contributed by atoms with Crippen molar-refractivity contribution in [2.24, 2.45) is 0 Å². The van der Waals surface area contributed by atoms with Crippen molar-refractivity contribution in [3.8, 4) is 11.5 Å². The standard InChI is InChI=1S/C27H29N3O/c1-3-10-21(20-11-6-5-7-12-20)18-26-29-30-27(31-26)25-16-15-22(19-28-17-4-2)23-13-8-9-14-24(23)25/h5-9,11-16,18,28H,3-4,10,17,19H2,1-2H3/b21-18+. The summed E-state index contributed by atoms with van der Waals surface area (Å²) in [5.74, 6) is 1.10. The van der Waals surface area contributed by atoms with Gasteiger partial charge in [-0.2, -0.15) is 0 Å². The van der Waals surface area contributed by atoms with Crippen LogP contribution in [0.3, 0.4) is 0 Å². The second-order valence-electron chi connectivity index (χ2n) is 7.73. The topological polar surface area (TPSA) is 51.0 Å². The van der Waals surface area contributed by atoms with Crippen LogP contribution in [-0.2, 0) is 6.54 Å². The molecular weight excluding hydrogens is 382 g/mol. The first-order chi connectivity index (χ1) is 15.3. The van der Waals surface area contributed by atoms with Crippen molar-refractivity contribution in [1.29, 1.82) is 0 Å². The summed E-state index contributed by atoms with van der Waals surface area (Å²) in [6.45, 7) is 6.22. The van der Waals surface area contributed by atoms with Crippen LogP contribution in [0.15, 0.2) is 71.1 Å². The summed E-state index contributed by atoms with van der Waals surface area (Å²) in [5.41, 5.74) is 4.65. The lowest BCUT2D eigenvalue weighted by molar-refractivity contribution is 0.558. The van der Waals surface area contributed by atoms with Crippen LogP contribution in [0.4, 0.5) is 0 Å². The van der Waals surface area contributed by atoms with E-state index in [1.165, 1.54) is 22.1 Å². The molecule has 0 aliphatic heterocycles. The molecule has 158 valence electrons. The lowest BCUT2D eigenvalue weighted by atomic mass is 9.99. The molecule has 1 N–H and O–H groups in total. The summed E-state index contributed by atoms with van der Waals surface area (Å²) in [6.07, 6.45) is 5.15. The number of nitrogens with one attached hydrogen (secondary N) is 1. The first-order valence-electron chi connectivity index (χ1n) is 11.1. The summed E-state index contributed by atoms with van der Waals surface area (Å²) in [7, 11) is 0. The van der Waals surface area contributed by atoms with Gasteiger partial charge in [-0.05, 0) is 52.9 Å². The Hall–Kier alpha value is -3.24. The molecule has 0 amide bonds. The zero-order chi connectivity index (χ0) is 21.5. The molecule has 0 saturated carbocycles. The van der Waals surface area contributed by atoms with Gasteiger partial charge in [0.2, 0.25) is 11.8 Å². The summed E-state index contributed by atoms with van der Waals surface area (Å²) < 4.78 is 6.10. The summed E-state index contributed by atoms with van der Waals surface area (Å²) >= 11 is 0. The molecule has 0 unspecified atom stereocenters. The molecule has 1 aromatic heterocycles. The molecule has 31 heavy (non-hydrogen) atoms. The van der Waals surface area contributed by atoms with Crippen LogP contribution in [0.25, 0.3) is 33.9 Å². The van der Waals surface area contributed by atoms with Crippen LogP contribution in [0, 0.1) is 0 Å². The van der Waals surface area contributed by atoms with Gasteiger partial charge in [-0.25, -0.2) is 0 Å². The Kier molecular flexibility index (Phi) is 6.90. The molecule has 4 rings (SSSR count). The Balaban J connectivity index is 1.68. The van der Waals surface area contributed by atoms with Gasteiger partial charge in [-0.15, -0.1) is 10.2 Å². The van der Waals surface area contributed by atoms with E-state index in [0.717, 1.165) is 43.3 Å². The van der Waals surface area contributed by atoms with E-state index in [4.69, 9.17) is 4.42 Å². The van der Waals surface area contributed by atoms with E-state index in [1.807, 2.05) is 12.1 Å². The summed E-state index contributed by atoms with van der Waals surface area (Å²) in [5, 5.41) is 14.5. The second-order valence-corrected chi connectivity index (χ2v) is 7.73. The molecule has 4 aromatic rings. The third kappa shape index (κ3) is 4.92. The molecule has 0 aliphatic rings. The number of hydrogen-bond acceptors (Lipinski definition) is 4. The first-order valence-corrected chi connectivity index (χ1v) is 11.1. The predicted molar refractivity (Wildman–Crippen MR) is 128 cm³/mol. The van der Waals surface area contributed by atoms with Gasteiger partial charge in [0.1, 0.15) is 0 Å². The van der Waals surface area contributed by atoms with Crippen LogP contribution in [0.2, 0.25) is 0 Å². The molecule has 4 nitrogen and oxygen atoms in total.